The van der Waals surface area contributed by atoms with Crippen LogP contribution in [0.4, 0.5) is 5.82 Å². The zero-order chi connectivity index (χ0) is 19.5. The number of rotatable bonds is 5. The van der Waals surface area contributed by atoms with Crippen LogP contribution >= 0.6 is 0 Å². The van der Waals surface area contributed by atoms with Crippen LogP contribution in [0.1, 0.15) is 25.3 Å². The van der Waals surface area contributed by atoms with E-state index in [-0.39, 0.29) is 6.61 Å². The number of aliphatic hydroxyl groups is 1. The van der Waals surface area contributed by atoms with Crippen molar-refractivity contribution in [2.24, 2.45) is 5.92 Å². The molecule has 4 heterocycles. The maximum absolute atomic E-state index is 9.45. The van der Waals surface area contributed by atoms with Gasteiger partial charge in [0.1, 0.15) is 17.6 Å². The molecule has 3 aromatic rings. The van der Waals surface area contributed by atoms with Gasteiger partial charge in [-0.05, 0) is 43.9 Å². The lowest BCUT2D eigenvalue weighted by atomic mass is 9.98. The first-order valence-electron chi connectivity index (χ1n) is 9.60. The Kier molecular flexibility index (Phi) is 5.13. The minimum atomic E-state index is 0.263. The number of nitriles is 1. The molecule has 4 rings (SSSR count). The van der Waals surface area contributed by atoms with Crippen LogP contribution in [0.5, 0.6) is 5.75 Å². The summed E-state index contributed by atoms with van der Waals surface area (Å²) < 4.78 is 7.35. The summed E-state index contributed by atoms with van der Waals surface area (Å²) in [4.78, 5) is 6.91. The van der Waals surface area contributed by atoms with E-state index in [0.29, 0.717) is 23.8 Å². The molecule has 0 aromatic carbocycles. The van der Waals surface area contributed by atoms with Gasteiger partial charge in [0.15, 0.2) is 0 Å². The molecule has 1 saturated heterocycles. The van der Waals surface area contributed by atoms with Gasteiger partial charge < -0.3 is 14.7 Å². The van der Waals surface area contributed by atoms with Crippen LogP contribution in [0.2, 0.25) is 0 Å². The highest BCUT2D eigenvalue weighted by Crippen LogP contribution is 2.31. The van der Waals surface area contributed by atoms with Crippen LogP contribution in [0.15, 0.2) is 36.8 Å². The lowest BCUT2D eigenvalue weighted by molar-refractivity contribution is 0.203. The van der Waals surface area contributed by atoms with E-state index < -0.39 is 0 Å². The molecule has 7 nitrogen and oxygen atoms in total. The highest BCUT2D eigenvalue weighted by Gasteiger charge is 2.20. The van der Waals surface area contributed by atoms with Crippen LogP contribution in [0.25, 0.3) is 16.6 Å². The Morgan fingerprint density at radius 2 is 2.11 bits per heavy atom. The molecular formula is C21H23N5O2. The predicted molar refractivity (Wildman–Crippen MR) is 106 cm³/mol. The first-order chi connectivity index (χ1) is 13.7. The van der Waals surface area contributed by atoms with Gasteiger partial charge in [-0.1, -0.05) is 0 Å². The first-order valence-corrected chi connectivity index (χ1v) is 9.60. The molecule has 0 spiro atoms. The van der Waals surface area contributed by atoms with Gasteiger partial charge in [-0.25, -0.2) is 9.50 Å². The molecule has 0 radical (unpaired) electrons. The zero-order valence-electron chi connectivity index (χ0n) is 15.9. The van der Waals surface area contributed by atoms with Crippen LogP contribution in [-0.2, 0) is 0 Å². The normalized spacial score (nSPS) is 15.0. The summed E-state index contributed by atoms with van der Waals surface area (Å²) in [5.41, 5.74) is 3.06. The zero-order valence-corrected chi connectivity index (χ0v) is 15.9. The van der Waals surface area contributed by atoms with E-state index in [1.54, 1.807) is 16.9 Å². The summed E-state index contributed by atoms with van der Waals surface area (Å²) in [5.74, 6) is 2.04. The summed E-state index contributed by atoms with van der Waals surface area (Å²) in [6.45, 7) is 4.56. The average molecular weight is 377 g/mol. The van der Waals surface area contributed by atoms with Crippen LogP contribution in [0.3, 0.4) is 0 Å². The lowest BCUT2D eigenvalue weighted by Gasteiger charge is -2.32. The molecular weight excluding hydrogens is 354 g/mol. The van der Waals surface area contributed by atoms with Gasteiger partial charge >= 0.3 is 0 Å². The van der Waals surface area contributed by atoms with Gasteiger partial charge in [-0.3, -0.25) is 0 Å². The molecule has 1 N–H and O–H groups in total. The molecule has 144 valence electrons. The fourth-order valence-electron chi connectivity index (χ4n) is 3.72. The number of ether oxygens (including phenoxy) is 1. The summed E-state index contributed by atoms with van der Waals surface area (Å²) in [5, 5.41) is 23.0. The third-order valence-electron chi connectivity index (χ3n) is 5.27. The molecule has 28 heavy (non-hydrogen) atoms. The third-order valence-corrected chi connectivity index (χ3v) is 5.27. The molecule has 1 fully saturated rings. The highest BCUT2D eigenvalue weighted by molar-refractivity contribution is 5.85. The van der Waals surface area contributed by atoms with Crippen molar-refractivity contribution in [3.05, 3.63) is 42.4 Å². The monoisotopic (exact) mass is 377 g/mol. The Hall–Kier alpha value is -3.11. The Morgan fingerprint density at radius 3 is 2.75 bits per heavy atom. The smallest absolute Gasteiger partial charge is 0.138 e. The van der Waals surface area contributed by atoms with Gasteiger partial charge in [0.05, 0.1) is 30.1 Å². The average Bonchev–Trinajstić information content (AvgIpc) is 3.17. The topological polar surface area (TPSA) is 86.7 Å². The highest BCUT2D eigenvalue weighted by atomic mass is 16.5. The lowest BCUT2D eigenvalue weighted by Crippen LogP contribution is -2.35. The van der Waals surface area contributed by atoms with E-state index in [1.165, 1.54) is 0 Å². The number of nitrogens with zero attached hydrogens (tertiary/aromatic N) is 5. The molecule has 0 bridgehead atoms. The maximum atomic E-state index is 9.45. The quantitative estimate of drug-likeness (QED) is 0.736. The second-order valence-corrected chi connectivity index (χ2v) is 7.00. The minimum Gasteiger partial charge on any atom is -0.492 e. The van der Waals surface area contributed by atoms with Crippen molar-refractivity contribution >= 4 is 11.3 Å². The van der Waals surface area contributed by atoms with Crippen LogP contribution in [0, 0.1) is 17.2 Å². The second kappa shape index (κ2) is 7.87. The van der Waals surface area contributed by atoms with Crippen molar-refractivity contribution in [2.75, 3.05) is 31.2 Å². The number of aliphatic hydroxyl groups excluding tert-OH is 1. The van der Waals surface area contributed by atoms with Gasteiger partial charge in [0, 0.05) is 37.0 Å². The van der Waals surface area contributed by atoms with E-state index in [4.69, 9.17) is 4.74 Å². The molecule has 0 aliphatic carbocycles. The molecule has 0 unspecified atom stereocenters. The fraction of sp³-hybridized carbons (Fsp3) is 0.381. The number of fused-ring (bicyclic) bond motifs is 1. The van der Waals surface area contributed by atoms with Crippen LogP contribution in [-0.4, -0.2) is 46.0 Å². The van der Waals surface area contributed by atoms with Crippen molar-refractivity contribution in [1.29, 1.82) is 5.26 Å². The van der Waals surface area contributed by atoms with E-state index in [9.17, 15) is 10.4 Å². The molecule has 0 amide bonds. The number of aromatic nitrogens is 3. The Morgan fingerprint density at radius 1 is 1.29 bits per heavy atom. The molecule has 1 aliphatic heterocycles. The molecule has 7 heteroatoms. The number of hydrogen-bond acceptors (Lipinski definition) is 6. The SMILES string of the molecule is CCOc1cc(-c2ccc(N3CCC(CO)CC3)nc2)c2c(C#N)cnn2c1. The van der Waals surface area contributed by atoms with E-state index >= 15 is 0 Å². The minimum absolute atomic E-state index is 0.263. The van der Waals surface area contributed by atoms with Gasteiger partial charge in [0.2, 0.25) is 0 Å². The van der Waals surface area contributed by atoms with E-state index in [1.807, 2.05) is 31.3 Å². The Balaban J connectivity index is 1.68. The summed E-state index contributed by atoms with van der Waals surface area (Å²) in [6.07, 6.45) is 7.17. The maximum Gasteiger partial charge on any atom is 0.138 e. The summed E-state index contributed by atoms with van der Waals surface area (Å²) in [7, 11) is 0. The summed E-state index contributed by atoms with van der Waals surface area (Å²) >= 11 is 0. The summed E-state index contributed by atoms with van der Waals surface area (Å²) in [6, 6.07) is 8.19. The number of pyridine rings is 2. The van der Waals surface area contributed by atoms with Gasteiger partial charge in [-0.15, -0.1) is 0 Å². The number of anilines is 1. The molecule has 3 aromatic heterocycles. The van der Waals surface area contributed by atoms with E-state index in [2.05, 4.69) is 21.1 Å². The molecule has 1 aliphatic rings. The van der Waals surface area contributed by atoms with Gasteiger partial charge in [-0.2, -0.15) is 10.4 Å². The predicted octanol–water partition coefficient (Wildman–Crippen LogP) is 2.88. The third kappa shape index (κ3) is 3.39. The van der Waals surface area contributed by atoms with Crippen molar-refractivity contribution in [2.45, 2.75) is 19.8 Å². The largest absolute Gasteiger partial charge is 0.492 e. The first kappa shape index (κ1) is 18.3. The second-order valence-electron chi connectivity index (χ2n) is 7.00. The van der Waals surface area contributed by atoms with Crippen molar-refractivity contribution in [1.82, 2.24) is 14.6 Å². The van der Waals surface area contributed by atoms with Crippen molar-refractivity contribution in [3.63, 3.8) is 0 Å². The number of hydrogen-bond donors (Lipinski definition) is 1. The van der Waals surface area contributed by atoms with Crippen molar-refractivity contribution < 1.29 is 9.84 Å². The Bertz CT molecular complexity index is 998. The van der Waals surface area contributed by atoms with Crippen molar-refractivity contribution in [3.8, 4) is 22.9 Å². The Labute approximate surface area is 163 Å². The molecule has 0 atom stereocenters. The van der Waals surface area contributed by atoms with Gasteiger partial charge in [0.25, 0.3) is 0 Å². The van der Waals surface area contributed by atoms with E-state index in [0.717, 1.165) is 48.4 Å². The standard InChI is InChI=1S/C21H23N5O2/c1-2-28-18-9-19(21-17(10-22)12-24-26(21)13-18)16-3-4-20(23-11-16)25-7-5-15(14-27)6-8-25/h3-4,9,11-13,15,27H,2,5-8,14H2,1H3. The fourth-order valence-corrected chi connectivity index (χ4v) is 3.72. The van der Waals surface area contributed by atoms with Crippen LogP contribution < -0.4 is 9.64 Å². The molecule has 0 saturated carbocycles. The number of piperidine rings is 1.